The Kier molecular flexibility index (Phi) is 2.78. The number of amidine groups is 1. The molecule has 0 aromatic heterocycles. The molecule has 0 bridgehead atoms. The van der Waals surface area contributed by atoms with Gasteiger partial charge in [0.2, 0.25) is 11.1 Å². The van der Waals surface area contributed by atoms with Crippen LogP contribution >= 0.6 is 23.4 Å². The molecule has 1 saturated heterocycles. The Morgan fingerprint density at radius 2 is 2.43 bits per heavy atom. The van der Waals surface area contributed by atoms with Crippen LogP contribution in [0, 0.1) is 5.92 Å². The lowest BCUT2D eigenvalue weighted by Crippen LogP contribution is -2.29. The van der Waals surface area contributed by atoms with Crippen LogP contribution in [0.25, 0.3) is 0 Å². The molecule has 1 atom stereocenters. The van der Waals surface area contributed by atoms with Crippen LogP contribution in [0.1, 0.15) is 6.42 Å². The van der Waals surface area contributed by atoms with Gasteiger partial charge in [-0.05, 0) is 11.6 Å². The summed E-state index contributed by atoms with van der Waals surface area (Å²) in [6.07, 6.45) is 0.224. The van der Waals surface area contributed by atoms with Crippen molar-refractivity contribution >= 4 is 39.7 Å². The summed E-state index contributed by atoms with van der Waals surface area (Å²) in [4.78, 5) is 28.2. The van der Waals surface area contributed by atoms with Gasteiger partial charge in [-0.25, -0.2) is 0 Å². The van der Waals surface area contributed by atoms with Crippen LogP contribution < -0.4 is 0 Å². The van der Waals surface area contributed by atoms with Gasteiger partial charge in [0.15, 0.2) is 5.17 Å². The summed E-state index contributed by atoms with van der Waals surface area (Å²) in [5, 5.41) is 0.319. The Balaban J connectivity index is 2.07. The van der Waals surface area contributed by atoms with Gasteiger partial charge in [-0.2, -0.15) is 0 Å². The van der Waals surface area contributed by atoms with Crippen LogP contribution in [0.3, 0.4) is 0 Å². The molecule has 1 fully saturated rings. The molecular formula is C8H9ClN2O2S. The van der Waals surface area contributed by atoms with E-state index in [1.165, 1.54) is 0 Å². The van der Waals surface area contributed by atoms with Gasteiger partial charge < -0.3 is 0 Å². The van der Waals surface area contributed by atoms with Crippen LogP contribution in [0.4, 0.5) is 0 Å². The molecule has 2 heterocycles. The van der Waals surface area contributed by atoms with Gasteiger partial charge in [0.05, 0.1) is 12.5 Å². The lowest BCUT2D eigenvalue weighted by molar-refractivity contribution is -0.125. The molecule has 6 heteroatoms. The number of nitrogens with zero attached hydrogens (tertiary/aromatic N) is 2. The predicted molar refractivity (Wildman–Crippen MR) is 55.4 cm³/mol. The Labute approximate surface area is 90.7 Å². The van der Waals surface area contributed by atoms with Crippen molar-refractivity contribution in [1.29, 1.82) is 0 Å². The number of carbonyl (C=O) groups is 2. The first-order valence-electron chi connectivity index (χ1n) is 4.35. The van der Waals surface area contributed by atoms with Gasteiger partial charge in [-0.1, -0.05) is 11.8 Å². The number of aliphatic imine (C=N–C) groups is 1. The molecule has 0 saturated carbocycles. The normalized spacial score (nSPS) is 26.9. The second kappa shape index (κ2) is 3.90. The summed E-state index contributed by atoms with van der Waals surface area (Å²) < 4.78 is 0. The fourth-order valence-corrected chi connectivity index (χ4v) is 2.56. The molecule has 1 amide bonds. The van der Waals surface area contributed by atoms with Crippen LogP contribution in [0.2, 0.25) is 0 Å². The highest BCUT2D eigenvalue weighted by molar-refractivity contribution is 8.14. The topological polar surface area (TPSA) is 49.7 Å². The van der Waals surface area contributed by atoms with Crippen molar-refractivity contribution in [3.8, 4) is 0 Å². The van der Waals surface area contributed by atoms with Gasteiger partial charge in [0.1, 0.15) is 0 Å². The number of rotatable bonds is 1. The van der Waals surface area contributed by atoms with E-state index in [4.69, 9.17) is 11.6 Å². The predicted octanol–water partition coefficient (Wildman–Crippen LogP) is 0.703. The highest BCUT2D eigenvalue weighted by Gasteiger charge is 2.36. The smallest absolute Gasteiger partial charge is 0.229 e. The van der Waals surface area contributed by atoms with E-state index in [9.17, 15) is 9.59 Å². The summed E-state index contributed by atoms with van der Waals surface area (Å²) in [6.45, 7) is 1.15. The first kappa shape index (κ1) is 9.98. The third-order valence-corrected chi connectivity index (χ3v) is 3.55. The van der Waals surface area contributed by atoms with E-state index >= 15 is 0 Å². The molecule has 0 aromatic rings. The molecular weight excluding hydrogens is 224 g/mol. The largest absolute Gasteiger partial charge is 0.291 e. The zero-order valence-corrected chi connectivity index (χ0v) is 8.98. The van der Waals surface area contributed by atoms with Gasteiger partial charge in [-0.15, -0.1) is 0 Å². The molecule has 0 aromatic carbocycles. The van der Waals surface area contributed by atoms with E-state index in [0.717, 1.165) is 17.5 Å². The molecule has 14 heavy (non-hydrogen) atoms. The van der Waals surface area contributed by atoms with Crippen molar-refractivity contribution in [2.75, 3.05) is 18.8 Å². The molecule has 0 N–H and O–H groups in total. The van der Waals surface area contributed by atoms with Gasteiger partial charge in [0, 0.05) is 18.7 Å². The summed E-state index contributed by atoms with van der Waals surface area (Å²) in [5.41, 5.74) is 0. The minimum absolute atomic E-state index is 0.0443. The quantitative estimate of drug-likeness (QED) is 0.626. The Bertz CT molecular complexity index is 318. The standard InChI is InChI=1S/C8H9ClN2O2S/c9-7(13)5-3-6(12)11(4-5)8-10-1-2-14-8/h5H,1-4H2/t5-/m1/s1. The molecule has 2 rings (SSSR count). The third-order valence-electron chi connectivity index (χ3n) is 2.25. The second-order valence-corrected chi connectivity index (χ2v) is 4.66. The van der Waals surface area contributed by atoms with E-state index in [-0.39, 0.29) is 18.2 Å². The van der Waals surface area contributed by atoms with Crippen LogP contribution in [-0.4, -0.2) is 40.1 Å². The van der Waals surface area contributed by atoms with Crippen molar-refractivity contribution in [3.63, 3.8) is 0 Å². The fourth-order valence-electron chi connectivity index (χ4n) is 1.53. The van der Waals surface area contributed by atoms with E-state index in [1.807, 2.05) is 0 Å². The van der Waals surface area contributed by atoms with Crippen molar-refractivity contribution in [1.82, 2.24) is 4.90 Å². The maximum absolute atomic E-state index is 11.5. The first-order valence-corrected chi connectivity index (χ1v) is 5.72. The minimum Gasteiger partial charge on any atom is -0.291 e. The summed E-state index contributed by atoms with van der Waals surface area (Å²) in [7, 11) is 0. The lowest BCUT2D eigenvalue weighted by Gasteiger charge is -2.14. The van der Waals surface area contributed by atoms with Gasteiger partial charge in [-0.3, -0.25) is 19.5 Å². The number of hydrogen-bond donors (Lipinski definition) is 0. The average Bonchev–Trinajstić information content (AvgIpc) is 2.71. The Morgan fingerprint density at radius 3 is 2.93 bits per heavy atom. The molecule has 0 aliphatic carbocycles. The second-order valence-electron chi connectivity index (χ2n) is 3.22. The molecule has 0 radical (unpaired) electrons. The Morgan fingerprint density at radius 1 is 1.64 bits per heavy atom. The van der Waals surface area contributed by atoms with Crippen LogP contribution in [-0.2, 0) is 9.59 Å². The average molecular weight is 233 g/mol. The highest BCUT2D eigenvalue weighted by Crippen LogP contribution is 2.25. The van der Waals surface area contributed by atoms with Crippen LogP contribution in [0.5, 0.6) is 0 Å². The zero-order valence-electron chi connectivity index (χ0n) is 7.40. The summed E-state index contributed by atoms with van der Waals surface area (Å²) in [5.74, 6) is 0.517. The molecule has 0 spiro atoms. The lowest BCUT2D eigenvalue weighted by atomic mass is 10.1. The van der Waals surface area contributed by atoms with Crippen molar-refractivity contribution in [3.05, 3.63) is 0 Å². The maximum Gasteiger partial charge on any atom is 0.229 e. The van der Waals surface area contributed by atoms with Gasteiger partial charge in [0.25, 0.3) is 0 Å². The SMILES string of the molecule is O=C(Cl)[C@@H]1CC(=O)N(C2=NCCS2)C1. The maximum atomic E-state index is 11.5. The first-order chi connectivity index (χ1) is 6.68. The van der Waals surface area contributed by atoms with Crippen molar-refractivity contribution in [2.45, 2.75) is 6.42 Å². The van der Waals surface area contributed by atoms with Crippen molar-refractivity contribution in [2.24, 2.45) is 10.9 Å². The van der Waals surface area contributed by atoms with E-state index < -0.39 is 5.24 Å². The minimum atomic E-state index is -0.426. The highest BCUT2D eigenvalue weighted by atomic mass is 35.5. The zero-order chi connectivity index (χ0) is 10.1. The fraction of sp³-hybridized carbons (Fsp3) is 0.625. The third kappa shape index (κ3) is 1.79. The van der Waals surface area contributed by atoms with E-state index in [0.29, 0.717) is 6.54 Å². The Hall–Kier alpha value is -0.550. The molecule has 4 nitrogen and oxygen atoms in total. The monoisotopic (exact) mass is 232 g/mol. The number of thioether (sulfide) groups is 1. The molecule has 76 valence electrons. The molecule has 0 unspecified atom stereocenters. The van der Waals surface area contributed by atoms with Gasteiger partial charge >= 0.3 is 0 Å². The molecule has 2 aliphatic rings. The number of hydrogen-bond acceptors (Lipinski definition) is 4. The molecule has 2 aliphatic heterocycles. The number of amides is 1. The van der Waals surface area contributed by atoms with Crippen molar-refractivity contribution < 1.29 is 9.59 Å². The number of halogens is 1. The van der Waals surface area contributed by atoms with E-state index in [1.54, 1.807) is 16.7 Å². The number of likely N-dealkylation sites (tertiary alicyclic amines) is 1. The van der Waals surface area contributed by atoms with Crippen LogP contribution in [0.15, 0.2) is 4.99 Å². The van der Waals surface area contributed by atoms with E-state index in [2.05, 4.69) is 4.99 Å². The number of carbonyl (C=O) groups excluding carboxylic acids is 2. The summed E-state index contributed by atoms with van der Waals surface area (Å²) >= 11 is 6.91. The summed E-state index contributed by atoms with van der Waals surface area (Å²) in [6, 6.07) is 0.